The third-order valence-electron chi connectivity index (χ3n) is 4.09. The second-order valence-electron chi connectivity index (χ2n) is 7.01. The minimum Gasteiger partial charge on any atom is -0.358 e. The van der Waals surface area contributed by atoms with Gasteiger partial charge in [-0.2, -0.15) is 70.8 Å². The fraction of sp³-hybridized carbons (Fsp3) is 0.161. The van der Waals surface area contributed by atoms with E-state index < -0.39 is 0 Å². The van der Waals surface area contributed by atoms with E-state index in [0.717, 1.165) is 24.0 Å². The van der Waals surface area contributed by atoms with Gasteiger partial charge in [0.1, 0.15) is 0 Å². The summed E-state index contributed by atoms with van der Waals surface area (Å²) in [5.74, 6) is 0. The van der Waals surface area contributed by atoms with Gasteiger partial charge < -0.3 is 22.3 Å². The first-order valence-corrected chi connectivity index (χ1v) is 10.4. The first-order chi connectivity index (χ1) is 13.9. The van der Waals surface area contributed by atoms with Gasteiger partial charge in [0, 0.05) is 32.7 Å². The average Bonchev–Trinajstić information content (AvgIpc) is 2.68. The van der Waals surface area contributed by atoms with E-state index in [-0.39, 0.29) is 87.7 Å². The van der Waals surface area contributed by atoms with Gasteiger partial charge in [0.25, 0.3) is 0 Å². The molecule has 0 nitrogen and oxygen atoms in total. The molecular formula is C31H35VY2-2. The maximum absolute atomic E-state index is 5.84. The molecule has 3 aromatic rings. The average molecular weight is 636 g/mol. The van der Waals surface area contributed by atoms with Crippen LogP contribution in [0.25, 0.3) is 0 Å². The predicted octanol–water partition coefficient (Wildman–Crippen LogP) is 7.52. The van der Waals surface area contributed by atoms with Crippen LogP contribution in [-0.2, 0) is 95.2 Å². The fourth-order valence-corrected chi connectivity index (χ4v) is 2.87. The molecule has 34 heavy (non-hydrogen) atoms. The number of hydrogen-bond donors (Lipinski definition) is 0. The van der Waals surface area contributed by atoms with E-state index in [0.29, 0.717) is 0 Å². The van der Waals surface area contributed by atoms with Crippen molar-refractivity contribution in [3.8, 4) is 0 Å². The van der Waals surface area contributed by atoms with Crippen molar-refractivity contribution in [3.63, 3.8) is 0 Å². The maximum atomic E-state index is 5.84. The SMILES string of the molecule is Cc1[c-]c(Cc2[c-]c(C)ccc2)ccc1.[CH-]=C(C=C[C](C)=[V+2])Cc1[c-]cccc1.[CH3-].[CH3-].[CH3-].[Y+3].[Y]. The molecule has 0 aliphatic rings. The van der Waals surface area contributed by atoms with Crippen molar-refractivity contribution in [2.45, 2.75) is 33.6 Å². The summed E-state index contributed by atoms with van der Waals surface area (Å²) in [5.41, 5.74) is 6.84. The Hall–Kier alpha value is -0.198. The molecule has 0 aliphatic heterocycles. The van der Waals surface area contributed by atoms with Gasteiger partial charge in [0.15, 0.2) is 0 Å². The summed E-state index contributed by atoms with van der Waals surface area (Å²) in [4.78, 5) is 0. The van der Waals surface area contributed by atoms with Crippen LogP contribution < -0.4 is 0 Å². The van der Waals surface area contributed by atoms with Crippen LogP contribution in [0.5, 0.6) is 0 Å². The van der Waals surface area contributed by atoms with Crippen LogP contribution in [0, 0.1) is 60.9 Å². The van der Waals surface area contributed by atoms with E-state index in [1.165, 1.54) is 26.5 Å². The molecule has 172 valence electrons. The second kappa shape index (κ2) is 23.2. The van der Waals surface area contributed by atoms with E-state index in [1.807, 2.05) is 43.3 Å². The molecule has 0 saturated carbocycles. The van der Waals surface area contributed by atoms with Crippen LogP contribution >= 0.6 is 0 Å². The van der Waals surface area contributed by atoms with E-state index in [4.69, 9.17) is 6.58 Å². The Morgan fingerprint density at radius 1 is 0.824 bits per heavy atom. The number of rotatable bonds is 6. The van der Waals surface area contributed by atoms with E-state index in [9.17, 15) is 0 Å². The number of benzene rings is 3. The third kappa shape index (κ3) is 18.1. The summed E-state index contributed by atoms with van der Waals surface area (Å²) < 4.78 is 1.19. The standard InChI is InChI=1S/C15H14.C13H12.3CH3.V.2Y/c1-12-5-3-7-14(9-12)11-15-8-4-6-13(2)10-15;1-3-4-8-12(2)11-13-9-6-5-7-10-13;;;;;;/h3-8H,11H2,1-2H3;2,4-9H,11H2,1H3;3*1H3;;;/q2*-2;3*-1;+2;;+3. The van der Waals surface area contributed by atoms with E-state index >= 15 is 0 Å². The molecule has 0 aliphatic carbocycles. The molecular weight excluding hydrogens is 601 g/mol. The molecule has 3 heteroatoms. The molecule has 0 bridgehead atoms. The largest absolute Gasteiger partial charge is 3.00 e. The van der Waals surface area contributed by atoms with Crippen molar-refractivity contribution in [3.05, 3.63) is 153 Å². The van der Waals surface area contributed by atoms with Gasteiger partial charge in [-0.15, -0.1) is 0 Å². The summed E-state index contributed by atoms with van der Waals surface area (Å²) in [5, 5.41) is 0. The summed E-state index contributed by atoms with van der Waals surface area (Å²) in [6, 6.07) is 30.3. The molecule has 0 unspecified atom stereocenters. The van der Waals surface area contributed by atoms with Crippen molar-refractivity contribution < 1.29 is 82.4 Å². The molecule has 3 aromatic carbocycles. The molecule has 0 amide bonds. The Morgan fingerprint density at radius 3 is 1.74 bits per heavy atom. The van der Waals surface area contributed by atoms with Gasteiger partial charge >= 0.3 is 127 Å². The van der Waals surface area contributed by atoms with Gasteiger partial charge in [-0.1, -0.05) is 13.8 Å². The molecule has 0 saturated heterocycles. The minimum atomic E-state index is 0. The van der Waals surface area contributed by atoms with E-state index in [1.54, 1.807) is 0 Å². The predicted molar refractivity (Wildman–Crippen MR) is 139 cm³/mol. The summed E-state index contributed by atoms with van der Waals surface area (Å²) >= 11 is 2.48. The van der Waals surface area contributed by atoms with Crippen molar-refractivity contribution in [1.29, 1.82) is 0 Å². The van der Waals surface area contributed by atoms with Gasteiger partial charge in [-0.25, -0.2) is 0 Å². The topological polar surface area (TPSA) is 0 Å². The Balaban J connectivity index is -0.000000231. The van der Waals surface area contributed by atoms with Crippen LogP contribution in [0.15, 0.2) is 78.4 Å². The fourth-order valence-electron chi connectivity index (χ4n) is 2.75. The van der Waals surface area contributed by atoms with Crippen molar-refractivity contribution in [1.82, 2.24) is 0 Å². The minimum absolute atomic E-state index is 0. The molecule has 0 fully saturated rings. The zero-order chi connectivity index (χ0) is 21.1. The zero-order valence-electron chi connectivity index (χ0n) is 21.5. The first-order valence-electron chi connectivity index (χ1n) is 9.65. The molecule has 3 rings (SSSR count). The Kier molecular flexibility index (Phi) is 28.0. The number of allylic oxidation sites excluding steroid dienone is 3. The summed E-state index contributed by atoms with van der Waals surface area (Å²) in [7, 11) is 0. The number of hydrogen-bond acceptors (Lipinski definition) is 0. The van der Waals surface area contributed by atoms with Crippen molar-refractivity contribution >= 4 is 4.23 Å². The van der Waals surface area contributed by atoms with Crippen molar-refractivity contribution in [2.75, 3.05) is 0 Å². The molecule has 0 N–H and O–H groups in total. The zero-order valence-corrected chi connectivity index (χ0v) is 28.6. The summed E-state index contributed by atoms with van der Waals surface area (Å²) in [6.07, 6.45) is 5.62. The van der Waals surface area contributed by atoms with Gasteiger partial charge in [0.05, 0.1) is 0 Å². The molecule has 0 aromatic heterocycles. The van der Waals surface area contributed by atoms with Gasteiger partial charge in [-0.05, 0) is 6.42 Å². The molecule has 0 spiro atoms. The van der Waals surface area contributed by atoms with Crippen LogP contribution in [0.2, 0.25) is 0 Å². The third-order valence-corrected chi connectivity index (χ3v) is 4.32. The Morgan fingerprint density at radius 2 is 1.32 bits per heavy atom. The van der Waals surface area contributed by atoms with Crippen molar-refractivity contribution in [2.24, 2.45) is 0 Å². The normalized spacial score (nSPS) is 8.85. The van der Waals surface area contributed by atoms with Crippen LogP contribution in [0.1, 0.15) is 34.7 Å². The molecule has 0 heterocycles. The van der Waals surface area contributed by atoms with Gasteiger partial charge in [0.2, 0.25) is 0 Å². The smallest absolute Gasteiger partial charge is 0.358 e. The quantitative estimate of drug-likeness (QED) is 0.194. The van der Waals surface area contributed by atoms with Gasteiger partial charge in [-0.3, -0.25) is 0 Å². The van der Waals surface area contributed by atoms with Crippen LogP contribution in [0.4, 0.5) is 0 Å². The second-order valence-corrected chi connectivity index (χ2v) is 8.11. The first kappa shape index (κ1) is 41.0. The Bertz CT molecular complexity index is 932. The Labute approximate surface area is 270 Å². The molecule has 0 atom stereocenters. The monoisotopic (exact) mass is 636 g/mol. The summed E-state index contributed by atoms with van der Waals surface area (Å²) in [6.45, 7) is 12.0. The van der Waals surface area contributed by atoms with Crippen LogP contribution in [0.3, 0.4) is 0 Å². The molecule has 1 radical (unpaired) electrons. The maximum Gasteiger partial charge on any atom is 3.00 e. The van der Waals surface area contributed by atoms with E-state index in [2.05, 4.69) is 85.4 Å². The van der Waals surface area contributed by atoms with Crippen LogP contribution in [-0.4, -0.2) is 4.23 Å². The number of aryl methyl sites for hydroxylation is 2.